The van der Waals surface area contributed by atoms with Crippen LogP contribution in [0.4, 0.5) is 4.79 Å². The van der Waals surface area contributed by atoms with E-state index in [1.807, 2.05) is 66.3 Å². The second-order valence-corrected chi connectivity index (χ2v) is 6.13. The summed E-state index contributed by atoms with van der Waals surface area (Å²) in [5, 5.41) is 7.30. The minimum Gasteiger partial charge on any atom is -0.334 e. The summed E-state index contributed by atoms with van der Waals surface area (Å²) in [5.41, 5.74) is 4.27. The van der Waals surface area contributed by atoms with E-state index >= 15 is 0 Å². The van der Waals surface area contributed by atoms with Gasteiger partial charge in [0, 0.05) is 25.4 Å². The van der Waals surface area contributed by atoms with E-state index in [-0.39, 0.29) is 6.03 Å². The lowest BCUT2D eigenvalue weighted by molar-refractivity contribution is 0.206. The lowest BCUT2D eigenvalue weighted by Crippen LogP contribution is -2.36. The number of hydrogen-bond acceptors (Lipinski definition) is 2. The van der Waals surface area contributed by atoms with Crippen LogP contribution in [0.2, 0.25) is 0 Å². The molecule has 1 heterocycles. The first-order chi connectivity index (χ1) is 12.1. The van der Waals surface area contributed by atoms with E-state index < -0.39 is 0 Å². The van der Waals surface area contributed by atoms with Crippen LogP contribution in [-0.2, 0) is 13.1 Å². The lowest BCUT2D eigenvalue weighted by Gasteiger charge is -2.17. The zero-order valence-electron chi connectivity index (χ0n) is 14.5. The van der Waals surface area contributed by atoms with Gasteiger partial charge < -0.3 is 10.2 Å². The average Bonchev–Trinajstić information content (AvgIpc) is 3.09. The Bertz CT molecular complexity index is 842. The normalized spacial score (nSPS) is 10.5. The molecule has 0 aliphatic rings. The van der Waals surface area contributed by atoms with Gasteiger partial charge >= 0.3 is 6.03 Å². The van der Waals surface area contributed by atoms with Crippen molar-refractivity contribution in [1.29, 1.82) is 0 Å². The molecule has 3 aromatic rings. The maximum Gasteiger partial charge on any atom is 0.317 e. The van der Waals surface area contributed by atoms with Crippen LogP contribution in [0.25, 0.3) is 5.69 Å². The molecular weight excluding hydrogens is 312 g/mol. The minimum absolute atomic E-state index is 0.103. The third-order valence-electron chi connectivity index (χ3n) is 3.95. The number of para-hydroxylation sites is 1. The van der Waals surface area contributed by atoms with E-state index in [0.29, 0.717) is 13.1 Å². The molecule has 0 bridgehead atoms. The molecule has 0 atom stereocenters. The van der Waals surface area contributed by atoms with Crippen molar-refractivity contribution in [1.82, 2.24) is 20.0 Å². The number of carbonyl (C=O) groups excluding carboxylic acids is 1. The van der Waals surface area contributed by atoms with Crippen LogP contribution in [0.3, 0.4) is 0 Å². The van der Waals surface area contributed by atoms with Gasteiger partial charge in [0.25, 0.3) is 0 Å². The van der Waals surface area contributed by atoms with Crippen molar-refractivity contribution in [3.63, 3.8) is 0 Å². The SMILES string of the molecule is Cc1cccc(CNC(=O)N(C)Cc2cnn(-c3ccccc3)c2)c1. The summed E-state index contributed by atoms with van der Waals surface area (Å²) in [6.07, 6.45) is 3.73. The highest BCUT2D eigenvalue weighted by atomic mass is 16.2. The standard InChI is InChI=1S/C20H22N4O/c1-16-7-6-8-17(11-16)12-21-20(25)23(2)14-18-13-22-24(15-18)19-9-4-3-5-10-19/h3-11,13,15H,12,14H2,1-2H3,(H,21,25). The summed E-state index contributed by atoms with van der Waals surface area (Å²) in [4.78, 5) is 13.9. The van der Waals surface area contributed by atoms with E-state index in [1.54, 1.807) is 18.1 Å². The number of urea groups is 1. The molecule has 0 unspecified atom stereocenters. The van der Waals surface area contributed by atoms with Gasteiger partial charge in [-0.3, -0.25) is 0 Å². The van der Waals surface area contributed by atoms with Crippen LogP contribution >= 0.6 is 0 Å². The molecule has 0 spiro atoms. The highest BCUT2D eigenvalue weighted by Gasteiger charge is 2.10. The van der Waals surface area contributed by atoms with Crippen LogP contribution in [-0.4, -0.2) is 27.8 Å². The number of rotatable bonds is 5. The van der Waals surface area contributed by atoms with E-state index in [1.165, 1.54) is 5.56 Å². The lowest BCUT2D eigenvalue weighted by atomic mass is 10.1. The molecule has 128 valence electrons. The van der Waals surface area contributed by atoms with Gasteiger partial charge in [-0.15, -0.1) is 0 Å². The van der Waals surface area contributed by atoms with Gasteiger partial charge in [-0.05, 0) is 24.6 Å². The molecule has 5 heteroatoms. The highest BCUT2D eigenvalue weighted by Crippen LogP contribution is 2.09. The molecule has 1 aromatic heterocycles. The van der Waals surface area contributed by atoms with E-state index in [4.69, 9.17) is 0 Å². The topological polar surface area (TPSA) is 50.2 Å². The summed E-state index contributed by atoms with van der Waals surface area (Å²) in [7, 11) is 1.78. The Labute approximate surface area is 147 Å². The summed E-state index contributed by atoms with van der Waals surface area (Å²) >= 11 is 0. The molecule has 0 aliphatic heterocycles. The Morgan fingerprint density at radius 3 is 2.68 bits per heavy atom. The molecule has 2 amide bonds. The molecule has 0 aliphatic carbocycles. The van der Waals surface area contributed by atoms with Gasteiger partial charge in [-0.2, -0.15) is 5.10 Å². The third kappa shape index (κ3) is 4.47. The molecule has 25 heavy (non-hydrogen) atoms. The van der Waals surface area contributed by atoms with Crippen molar-refractivity contribution in [2.45, 2.75) is 20.0 Å². The Hall–Kier alpha value is -3.08. The molecule has 5 nitrogen and oxygen atoms in total. The Balaban J connectivity index is 1.56. The average molecular weight is 334 g/mol. The molecule has 0 saturated carbocycles. The van der Waals surface area contributed by atoms with Gasteiger partial charge in [0.2, 0.25) is 0 Å². The van der Waals surface area contributed by atoms with Crippen molar-refractivity contribution < 1.29 is 4.79 Å². The first-order valence-electron chi connectivity index (χ1n) is 8.25. The van der Waals surface area contributed by atoms with E-state index in [0.717, 1.165) is 16.8 Å². The molecule has 3 rings (SSSR count). The van der Waals surface area contributed by atoms with Crippen molar-refractivity contribution in [3.8, 4) is 5.69 Å². The summed E-state index contributed by atoms with van der Waals surface area (Å²) < 4.78 is 1.81. The predicted octanol–water partition coefficient (Wildman–Crippen LogP) is 3.52. The Kier molecular flexibility index (Phi) is 5.14. The second kappa shape index (κ2) is 7.66. The fourth-order valence-electron chi connectivity index (χ4n) is 2.64. The number of amides is 2. The number of benzene rings is 2. The van der Waals surface area contributed by atoms with Crippen LogP contribution in [0.5, 0.6) is 0 Å². The number of nitrogens with one attached hydrogen (secondary N) is 1. The van der Waals surface area contributed by atoms with Crippen LogP contribution < -0.4 is 5.32 Å². The van der Waals surface area contributed by atoms with Crippen LogP contribution in [0, 0.1) is 6.92 Å². The van der Waals surface area contributed by atoms with Crippen molar-refractivity contribution >= 4 is 6.03 Å². The number of carbonyl (C=O) groups is 1. The molecule has 2 aromatic carbocycles. The summed E-state index contributed by atoms with van der Waals surface area (Å²) in [6.45, 7) is 3.07. The number of aromatic nitrogens is 2. The fraction of sp³-hybridized carbons (Fsp3) is 0.200. The Morgan fingerprint density at radius 1 is 1.12 bits per heavy atom. The van der Waals surface area contributed by atoms with Crippen molar-refractivity contribution in [2.24, 2.45) is 0 Å². The molecule has 0 radical (unpaired) electrons. The molecule has 0 saturated heterocycles. The first kappa shape index (κ1) is 16.8. The third-order valence-corrected chi connectivity index (χ3v) is 3.95. The number of aryl methyl sites for hydroxylation is 1. The van der Waals surface area contributed by atoms with Crippen molar-refractivity contribution in [3.05, 3.63) is 83.7 Å². The van der Waals surface area contributed by atoms with Gasteiger partial charge in [-0.1, -0.05) is 48.0 Å². The van der Waals surface area contributed by atoms with Crippen molar-refractivity contribution in [2.75, 3.05) is 7.05 Å². The van der Waals surface area contributed by atoms with E-state index in [9.17, 15) is 4.79 Å². The van der Waals surface area contributed by atoms with Gasteiger partial charge in [-0.25, -0.2) is 9.48 Å². The molecule has 1 N–H and O–H groups in total. The second-order valence-electron chi connectivity index (χ2n) is 6.13. The maximum absolute atomic E-state index is 12.3. The van der Waals surface area contributed by atoms with Gasteiger partial charge in [0.15, 0.2) is 0 Å². The van der Waals surface area contributed by atoms with Gasteiger partial charge in [0.05, 0.1) is 18.4 Å². The minimum atomic E-state index is -0.103. The quantitative estimate of drug-likeness (QED) is 0.776. The largest absolute Gasteiger partial charge is 0.334 e. The summed E-state index contributed by atoms with van der Waals surface area (Å²) in [5.74, 6) is 0. The molecular formula is C20H22N4O. The zero-order valence-corrected chi connectivity index (χ0v) is 14.5. The smallest absolute Gasteiger partial charge is 0.317 e. The number of hydrogen-bond donors (Lipinski definition) is 1. The zero-order chi connectivity index (χ0) is 17.6. The van der Waals surface area contributed by atoms with Crippen LogP contribution in [0.1, 0.15) is 16.7 Å². The summed E-state index contributed by atoms with van der Waals surface area (Å²) in [6, 6.07) is 17.9. The number of nitrogens with zero attached hydrogens (tertiary/aromatic N) is 3. The van der Waals surface area contributed by atoms with Crippen LogP contribution in [0.15, 0.2) is 67.0 Å². The predicted molar refractivity (Wildman–Crippen MR) is 98.4 cm³/mol. The first-order valence-corrected chi connectivity index (χ1v) is 8.25. The van der Waals surface area contributed by atoms with E-state index in [2.05, 4.69) is 16.5 Å². The Morgan fingerprint density at radius 2 is 1.92 bits per heavy atom. The maximum atomic E-state index is 12.3. The fourth-order valence-corrected chi connectivity index (χ4v) is 2.64. The molecule has 0 fully saturated rings. The monoisotopic (exact) mass is 334 g/mol. The van der Waals surface area contributed by atoms with Gasteiger partial charge in [0.1, 0.15) is 0 Å². The highest BCUT2D eigenvalue weighted by molar-refractivity contribution is 5.73.